The van der Waals surface area contributed by atoms with E-state index in [1.54, 1.807) is 19.9 Å². The van der Waals surface area contributed by atoms with Gasteiger partial charge < -0.3 is 15.4 Å². The molecule has 0 unspecified atom stereocenters. The zero-order valence-corrected chi connectivity index (χ0v) is 16.8. The number of sulfonamides is 1. The van der Waals surface area contributed by atoms with Crippen LogP contribution in [-0.2, 0) is 19.6 Å². The number of nitrogens with one attached hydrogen (secondary N) is 2. The molecule has 152 valence electrons. The Balaban J connectivity index is 1.50. The first-order chi connectivity index (χ1) is 13.3. The summed E-state index contributed by atoms with van der Waals surface area (Å²) < 4.78 is 33.4. The van der Waals surface area contributed by atoms with E-state index in [1.165, 1.54) is 10.4 Å². The van der Waals surface area contributed by atoms with Crippen LogP contribution in [0.5, 0.6) is 5.75 Å². The van der Waals surface area contributed by atoms with Gasteiger partial charge in [0.05, 0.1) is 10.6 Å². The van der Waals surface area contributed by atoms with Crippen molar-refractivity contribution in [1.29, 1.82) is 0 Å². The molecule has 1 aromatic rings. The molecule has 1 aliphatic carbocycles. The molecule has 4 rings (SSSR count). The highest BCUT2D eigenvalue weighted by Crippen LogP contribution is 2.36. The van der Waals surface area contributed by atoms with E-state index in [-0.39, 0.29) is 22.6 Å². The van der Waals surface area contributed by atoms with Gasteiger partial charge in [0.1, 0.15) is 5.75 Å². The highest BCUT2D eigenvalue weighted by Gasteiger charge is 2.35. The average Bonchev–Trinajstić information content (AvgIpc) is 3.46. The number of piperidine rings is 1. The van der Waals surface area contributed by atoms with E-state index in [1.807, 2.05) is 0 Å². The zero-order valence-electron chi connectivity index (χ0n) is 16.0. The Morgan fingerprint density at radius 1 is 1.21 bits per heavy atom. The van der Waals surface area contributed by atoms with Crippen molar-refractivity contribution in [1.82, 2.24) is 9.62 Å². The highest BCUT2D eigenvalue weighted by atomic mass is 32.2. The Bertz CT molecular complexity index is 918. The van der Waals surface area contributed by atoms with Crippen molar-refractivity contribution >= 4 is 27.5 Å². The molecule has 1 aromatic carbocycles. The SMILES string of the molecule is Cc1cc2c(cc1S(=O)(=O)N1CCC(C(=O)NC3CC3)CC1)O[C@H](C)C(=O)N2. The van der Waals surface area contributed by atoms with Gasteiger partial charge in [-0.1, -0.05) is 0 Å². The molecular weight excluding hydrogens is 382 g/mol. The molecule has 8 nitrogen and oxygen atoms in total. The second kappa shape index (κ2) is 7.04. The molecule has 0 radical (unpaired) electrons. The Kier molecular flexibility index (Phi) is 4.83. The number of amides is 2. The number of rotatable bonds is 4. The van der Waals surface area contributed by atoms with Crippen molar-refractivity contribution in [2.24, 2.45) is 5.92 Å². The molecule has 1 saturated heterocycles. The van der Waals surface area contributed by atoms with Crippen LogP contribution in [0.25, 0.3) is 0 Å². The smallest absolute Gasteiger partial charge is 0.265 e. The van der Waals surface area contributed by atoms with Gasteiger partial charge >= 0.3 is 0 Å². The van der Waals surface area contributed by atoms with Crippen LogP contribution in [0.1, 0.15) is 38.2 Å². The Hall–Kier alpha value is -2.13. The number of hydrogen-bond donors (Lipinski definition) is 2. The molecule has 0 spiro atoms. The second-order valence-corrected chi connectivity index (χ2v) is 9.73. The van der Waals surface area contributed by atoms with Crippen LogP contribution in [0.15, 0.2) is 17.0 Å². The third kappa shape index (κ3) is 3.60. The monoisotopic (exact) mass is 407 g/mol. The van der Waals surface area contributed by atoms with Crippen molar-refractivity contribution in [3.8, 4) is 5.75 Å². The summed E-state index contributed by atoms with van der Waals surface area (Å²) in [7, 11) is -3.71. The summed E-state index contributed by atoms with van der Waals surface area (Å²) in [6, 6.07) is 3.43. The normalized spacial score (nSPS) is 23.5. The van der Waals surface area contributed by atoms with Crippen LogP contribution in [0.3, 0.4) is 0 Å². The summed E-state index contributed by atoms with van der Waals surface area (Å²) in [5, 5.41) is 5.73. The largest absolute Gasteiger partial charge is 0.479 e. The molecule has 1 atom stereocenters. The van der Waals surface area contributed by atoms with E-state index < -0.39 is 16.1 Å². The van der Waals surface area contributed by atoms with Crippen LogP contribution in [0.2, 0.25) is 0 Å². The van der Waals surface area contributed by atoms with Gasteiger partial charge in [-0.15, -0.1) is 0 Å². The fourth-order valence-corrected chi connectivity index (χ4v) is 5.36. The first kappa shape index (κ1) is 19.2. The topological polar surface area (TPSA) is 105 Å². The van der Waals surface area contributed by atoms with Crippen LogP contribution in [-0.4, -0.2) is 49.8 Å². The maximum Gasteiger partial charge on any atom is 0.265 e. The van der Waals surface area contributed by atoms with Gasteiger partial charge in [-0.3, -0.25) is 9.59 Å². The summed E-state index contributed by atoms with van der Waals surface area (Å²) >= 11 is 0. The van der Waals surface area contributed by atoms with E-state index in [2.05, 4.69) is 10.6 Å². The van der Waals surface area contributed by atoms with Crippen LogP contribution in [0, 0.1) is 12.8 Å². The minimum absolute atomic E-state index is 0.0441. The molecule has 0 aromatic heterocycles. The number of hydrogen-bond acceptors (Lipinski definition) is 5. The highest BCUT2D eigenvalue weighted by molar-refractivity contribution is 7.89. The molecule has 9 heteroatoms. The molecule has 2 N–H and O–H groups in total. The molecule has 3 aliphatic rings. The number of carbonyl (C=O) groups excluding carboxylic acids is 2. The second-order valence-electron chi connectivity index (χ2n) is 7.82. The van der Waals surface area contributed by atoms with E-state index in [0.29, 0.717) is 49.0 Å². The van der Waals surface area contributed by atoms with Gasteiger partial charge in [0.2, 0.25) is 15.9 Å². The molecule has 0 bridgehead atoms. The van der Waals surface area contributed by atoms with Crippen molar-refractivity contribution in [2.75, 3.05) is 18.4 Å². The summed E-state index contributed by atoms with van der Waals surface area (Å²) in [6.45, 7) is 3.95. The zero-order chi connectivity index (χ0) is 20.1. The maximum absolute atomic E-state index is 13.2. The van der Waals surface area contributed by atoms with Crippen molar-refractivity contribution in [2.45, 2.75) is 56.6 Å². The van der Waals surface area contributed by atoms with Gasteiger partial charge in [0.25, 0.3) is 5.91 Å². The molecule has 2 heterocycles. The number of fused-ring (bicyclic) bond motifs is 1. The lowest BCUT2D eigenvalue weighted by atomic mass is 9.97. The number of aryl methyl sites for hydroxylation is 1. The fourth-order valence-electron chi connectivity index (χ4n) is 3.66. The average molecular weight is 407 g/mol. The van der Waals surface area contributed by atoms with Gasteiger partial charge in [-0.05, 0) is 51.2 Å². The number of benzene rings is 1. The molecule has 2 amide bonds. The third-order valence-corrected chi connectivity index (χ3v) is 7.61. The lowest BCUT2D eigenvalue weighted by molar-refractivity contribution is -0.126. The van der Waals surface area contributed by atoms with Gasteiger partial charge in [-0.2, -0.15) is 4.31 Å². The summed E-state index contributed by atoms with van der Waals surface area (Å²) in [4.78, 5) is 24.2. The lowest BCUT2D eigenvalue weighted by Gasteiger charge is -2.31. The lowest BCUT2D eigenvalue weighted by Crippen LogP contribution is -2.43. The van der Waals surface area contributed by atoms with Crippen LogP contribution < -0.4 is 15.4 Å². The van der Waals surface area contributed by atoms with E-state index in [4.69, 9.17) is 4.74 Å². The molecule has 2 fully saturated rings. The Labute approximate surface area is 164 Å². The summed E-state index contributed by atoms with van der Waals surface area (Å²) in [5.41, 5.74) is 1.03. The van der Waals surface area contributed by atoms with E-state index in [0.717, 1.165) is 12.8 Å². The molecule has 2 aliphatic heterocycles. The maximum atomic E-state index is 13.2. The fraction of sp³-hybridized carbons (Fsp3) is 0.579. The third-order valence-electron chi connectivity index (χ3n) is 5.57. The first-order valence-electron chi connectivity index (χ1n) is 9.68. The van der Waals surface area contributed by atoms with Crippen molar-refractivity contribution in [3.63, 3.8) is 0 Å². The number of nitrogens with zero attached hydrogens (tertiary/aromatic N) is 1. The van der Waals surface area contributed by atoms with E-state index >= 15 is 0 Å². The quantitative estimate of drug-likeness (QED) is 0.785. The van der Waals surface area contributed by atoms with Gasteiger partial charge in [0.15, 0.2) is 6.10 Å². The first-order valence-corrected chi connectivity index (χ1v) is 11.1. The van der Waals surface area contributed by atoms with Crippen LogP contribution in [0.4, 0.5) is 5.69 Å². The molecule has 28 heavy (non-hydrogen) atoms. The van der Waals surface area contributed by atoms with Crippen LogP contribution >= 0.6 is 0 Å². The number of ether oxygens (including phenoxy) is 1. The predicted molar refractivity (Wildman–Crippen MR) is 103 cm³/mol. The summed E-state index contributed by atoms with van der Waals surface area (Å²) in [6.07, 6.45) is 2.44. The molecule has 1 saturated carbocycles. The number of anilines is 1. The summed E-state index contributed by atoms with van der Waals surface area (Å²) in [5.74, 6) is 0.0164. The molecular formula is C19H25N3O5S. The Morgan fingerprint density at radius 2 is 1.89 bits per heavy atom. The minimum atomic E-state index is -3.71. The Morgan fingerprint density at radius 3 is 2.54 bits per heavy atom. The van der Waals surface area contributed by atoms with Gasteiger partial charge in [-0.25, -0.2) is 8.42 Å². The van der Waals surface area contributed by atoms with Crippen molar-refractivity contribution in [3.05, 3.63) is 17.7 Å². The number of carbonyl (C=O) groups is 2. The minimum Gasteiger partial charge on any atom is -0.479 e. The van der Waals surface area contributed by atoms with Gasteiger partial charge in [0, 0.05) is 31.1 Å². The van der Waals surface area contributed by atoms with E-state index in [9.17, 15) is 18.0 Å². The van der Waals surface area contributed by atoms with Crippen molar-refractivity contribution < 1.29 is 22.7 Å². The predicted octanol–water partition coefficient (Wildman–Crippen LogP) is 1.39. The standard InChI is InChI=1S/C19H25N3O5S/c1-11-9-15-16(27-12(2)18(23)21-15)10-17(11)28(25,26)22-7-5-13(6-8-22)19(24)20-14-3-4-14/h9-10,12-14H,3-8H2,1-2H3,(H,20,24)(H,21,23)/t12-/m1/s1.